The van der Waals surface area contributed by atoms with Crippen molar-refractivity contribution in [3.05, 3.63) is 24.3 Å². The second-order valence-corrected chi connectivity index (χ2v) is 3.12. The molecule has 0 aliphatic carbocycles. The van der Waals surface area contributed by atoms with E-state index in [4.69, 9.17) is 20.6 Å². The van der Waals surface area contributed by atoms with E-state index < -0.39 is 6.10 Å². The molecule has 3 N–H and O–H groups in total. The highest BCUT2D eigenvalue weighted by molar-refractivity contribution is 5.81. The number of nitrogens with two attached hydrogens (primary N) is 1. The molecule has 4 heteroatoms. The molecule has 0 radical (unpaired) electrons. The highest BCUT2D eigenvalue weighted by Crippen LogP contribution is 2.20. The van der Waals surface area contributed by atoms with Crippen molar-refractivity contribution in [1.82, 2.24) is 0 Å². The van der Waals surface area contributed by atoms with Crippen molar-refractivity contribution < 1.29 is 9.47 Å². The van der Waals surface area contributed by atoms with Crippen LogP contribution in [0, 0.1) is 5.41 Å². The summed E-state index contributed by atoms with van der Waals surface area (Å²) in [6.45, 7) is 4.27. The van der Waals surface area contributed by atoms with E-state index in [1.807, 2.05) is 25.1 Å². The van der Waals surface area contributed by atoms with Gasteiger partial charge >= 0.3 is 0 Å². The molecule has 1 atom stereocenters. The van der Waals surface area contributed by atoms with Crippen LogP contribution in [-0.4, -0.2) is 18.5 Å². The molecule has 0 spiro atoms. The fourth-order valence-electron chi connectivity index (χ4n) is 1.07. The Labute approximate surface area is 89.5 Å². The maximum atomic E-state index is 7.21. The third kappa shape index (κ3) is 3.50. The first-order valence-electron chi connectivity index (χ1n) is 4.87. The summed E-state index contributed by atoms with van der Waals surface area (Å²) in [6, 6.07) is 7.28. The Morgan fingerprint density at radius 3 is 2.73 bits per heavy atom. The molecule has 0 aliphatic heterocycles. The zero-order valence-electron chi connectivity index (χ0n) is 8.99. The summed E-state index contributed by atoms with van der Waals surface area (Å²) < 4.78 is 10.8. The molecule has 82 valence electrons. The molecule has 0 aliphatic rings. The summed E-state index contributed by atoms with van der Waals surface area (Å²) in [4.78, 5) is 0. The van der Waals surface area contributed by atoms with Crippen LogP contribution >= 0.6 is 0 Å². The summed E-state index contributed by atoms with van der Waals surface area (Å²) in [7, 11) is 0. The van der Waals surface area contributed by atoms with E-state index in [2.05, 4.69) is 0 Å². The van der Waals surface area contributed by atoms with E-state index in [1.54, 1.807) is 13.0 Å². The summed E-state index contributed by atoms with van der Waals surface area (Å²) >= 11 is 0. The van der Waals surface area contributed by atoms with Crippen LogP contribution in [-0.2, 0) is 0 Å². The van der Waals surface area contributed by atoms with Crippen molar-refractivity contribution in [3.8, 4) is 11.5 Å². The van der Waals surface area contributed by atoms with Crippen LogP contribution in [0.3, 0.4) is 0 Å². The van der Waals surface area contributed by atoms with Crippen LogP contribution in [0.15, 0.2) is 24.3 Å². The third-order valence-electron chi connectivity index (χ3n) is 1.87. The van der Waals surface area contributed by atoms with Gasteiger partial charge in [0.05, 0.1) is 6.61 Å². The van der Waals surface area contributed by atoms with E-state index in [0.29, 0.717) is 12.4 Å². The van der Waals surface area contributed by atoms with Crippen molar-refractivity contribution in [3.63, 3.8) is 0 Å². The van der Waals surface area contributed by atoms with E-state index in [1.165, 1.54) is 0 Å². The van der Waals surface area contributed by atoms with Gasteiger partial charge in [0.15, 0.2) is 6.10 Å². The van der Waals surface area contributed by atoms with Crippen LogP contribution in [0.2, 0.25) is 0 Å². The molecule has 1 aromatic carbocycles. The van der Waals surface area contributed by atoms with Gasteiger partial charge in [0.25, 0.3) is 0 Å². The lowest BCUT2D eigenvalue weighted by Gasteiger charge is -2.13. The molecule has 0 heterocycles. The second-order valence-electron chi connectivity index (χ2n) is 3.12. The number of hydrogen-bond acceptors (Lipinski definition) is 3. The van der Waals surface area contributed by atoms with Gasteiger partial charge in [0.1, 0.15) is 17.3 Å². The first-order valence-corrected chi connectivity index (χ1v) is 4.87. The SMILES string of the molecule is CCOc1cccc(OC(C)C(=N)N)c1. The van der Waals surface area contributed by atoms with Crippen LogP contribution in [0.5, 0.6) is 11.5 Å². The summed E-state index contributed by atoms with van der Waals surface area (Å²) in [5, 5.41) is 7.21. The van der Waals surface area contributed by atoms with Crippen molar-refractivity contribution >= 4 is 5.84 Å². The van der Waals surface area contributed by atoms with Gasteiger partial charge in [-0.25, -0.2) is 0 Å². The number of nitrogens with one attached hydrogen (secondary N) is 1. The summed E-state index contributed by atoms with van der Waals surface area (Å²) in [5.41, 5.74) is 5.31. The molecule has 1 unspecified atom stereocenters. The van der Waals surface area contributed by atoms with Crippen LogP contribution in [0.25, 0.3) is 0 Å². The van der Waals surface area contributed by atoms with Crippen molar-refractivity contribution in [2.24, 2.45) is 5.73 Å². The van der Waals surface area contributed by atoms with Gasteiger partial charge in [-0.1, -0.05) is 6.07 Å². The third-order valence-corrected chi connectivity index (χ3v) is 1.87. The number of benzene rings is 1. The van der Waals surface area contributed by atoms with Gasteiger partial charge in [-0.15, -0.1) is 0 Å². The minimum absolute atomic E-state index is 0.0109. The van der Waals surface area contributed by atoms with Crippen molar-refractivity contribution in [2.45, 2.75) is 20.0 Å². The summed E-state index contributed by atoms with van der Waals surface area (Å²) in [5.74, 6) is 1.42. The maximum Gasteiger partial charge on any atom is 0.152 e. The molecule has 0 amide bonds. The fraction of sp³-hybridized carbons (Fsp3) is 0.364. The Kier molecular flexibility index (Phi) is 3.97. The van der Waals surface area contributed by atoms with E-state index in [-0.39, 0.29) is 5.84 Å². The Balaban J connectivity index is 2.68. The lowest BCUT2D eigenvalue weighted by Crippen LogP contribution is -2.29. The molecule has 0 saturated heterocycles. The highest BCUT2D eigenvalue weighted by Gasteiger charge is 2.07. The number of hydrogen-bond donors (Lipinski definition) is 2. The molecule has 0 aromatic heterocycles. The first-order chi connectivity index (χ1) is 7.13. The number of rotatable bonds is 5. The molecule has 4 nitrogen and oxygen atoms in total. The molecule has 0 bridgehead atoms. The molecule has 0 fully saturated rings. The van der Waals surface area contributed by atoms with Crippen LogP contribution in [0.4, 0.5) is 0 Å². The highest BCUT2D eigenvalue weighted by atomic mass is 16.5. The minimum atomic E-state index is -0.415. The molecular weight excluding hydrogens is 192 g/mol. The van der Waals surface area contributed by atoms with E-state index in [0.717, 1.165) is 5.75 Å². The van der Waals surface area contributed by atoms with Gasteiger partial charge in [0, 0.05) is 6.07 Å². The zero-order valence-corrected chi connectivity index (χ0v) is 8.99. The van der Waals surface area contributed by atoms with E-state index in [9.17, 15) is 0 Å². The molecule has 1 rings (SSSR count). The van der Waals surface area contributed by atoms with E-state index >= 15 is 0 Å². The quantitative estimate of drug-likeness (QED) is 0.572. The average Bonchev–Trinajstić information content (AvgIpc) is 2.18. The van der Waals surface area contributed by atoms with Crippen LogP contribution in [0.1, 0.15) is 13.8 Å². The monoisotopic (exact) mass is 208 g/mol. The lowest BCUT2D eigenvalue weighted by molar-refractivity contribution is 0.280. The van der Waals surface area contributed by atoms with Gasteiger partial charge in [-0.2, -0.15) is 0 Å². The average molecular weight is 208 g/mol. The second kappa shape index (κ2) is 5.24. The normalized spacial score (nSPS) is 11.9. The predicted molar refractivity (Wildman–Crippen MR) is 59.6 cm³/mol. The predicted octanol–water partition coefficient (Wildman–Crippen LogP) is 1.79. The fourth-order valence-corrected chi connectivity index (χ4v) is 1.07. The molecule has 15 heavy (non-hydrogen) atoms. The van der Waals surface area contributed by atoms with Crippen molar-refractivity contribution in [1.29, 1.82) is 5.41 Å². The van der Waals surface area contributed by atoms with Gasteiger partial charge in [-0.05, 0) is 26.0 Å². The Hall–Kier alpha value is -1.71. The summed E-state index contributed by atoms with van der Waals surface area (Å²) in [6.07, 6.45) is -0.415. The van der Waals surface area contributed by atoms with Gasteiger partial charge < -0.3 is 15.2 Å². The lowest BCUT2D eigenvalue weighted by atomic mass is 10.3. The molecular formula is C11H16N2O2. The molecule has 1 aromatic rings. The van der Waals surface area contributed by atoms with Gasteiger partial charge in [-0.3, -0.25) is 5.41 Å². The smallest absolute Gasteiger partial charge is 0.152 e. The largest absolute Gasteiger partial charge is 0.494 e. The number of ether oxygens (including phenoxy) is 2. The zero-order chi connectivity index (χ0) is 11.3. The number of amidine groups is 1. The molecule has 0 saturated carbocycles. The first kappa shape index (κ1) is 11.4. The Bertz CT molecular complexity index is 339. The Morgan fingerprint density at radius 2 is 2.13 bits per heavy atom. The minimum Gasteiger partial charge on any atom is -0.494 e. The Morgan fingerprint density at radius 1 is 1.47 bits per heavy atom. The van der Waals surface area contributed by atoms with Crippen molar-refractivity contribution in [2.75, 3.05) is 6.61 Å². The van der Waals surface area contributed by atoms with Crippen LogP contribution < -0.4 is 15.2 Å². The maximum absolute atomic E-state index is 7.21. The van der Waals surface area contributed by atoms with Gasteiger partial charge in [0.2, 0.25) is 0 Å². The topological polar surface area (TPSA) is 68.3 Å². The standard InChI is InChI=1S/C11H16N2O2/c1-3-14-9-5-4-6-10(7-9)15-8(2)11(12)13/h4-8H,3H2,1-2H3,(H3,12,13).